The summed E-state index contributed by atoms with van der Waals surface area (Å²) in [6.07, 6.45) is 0.301. The predicted molar refractivity (Wildman–Crippen MR) is 51.2 cm³/mol. The van der Waals surface area contributed by atoms with E-state index >= 15 is 0 Å². The van der Waals surface area contributed by atoms with Crippen molar-refractivity contribution < 1.29 is 19.0 Å². The third kappa shape index (κ3) is 1.80. The highest BCUT2D eigenvalue weighted by Gasteiger charge is 2.48. The third-order valence-electron chi connectivity index (χ3n) is 2.90. The van der Waals surface area contributed by atoms with Gasteiger partial charge in [0.05, 0.1) is 32.9 Å². The van der Waals surface area contributed by atoms with Gasteiger partial charge in [-0.05, 0) is 6.42 Å². The van der Waals surface area contributed by atoms with Crippen LogP contribution in [-0.4, -0.2) is 56.2 Å². The molecule has 2 N–H and O–H groups in total. The Hall–Kier alpha value is -0.850. The first-order chi connectivity index (χ1) is 7.18. The molecule has 0 aromatic rings. The van der Waals surface area contributed by atoms with Crippen LogP contribution in [0.2, 0.25) is 0 Å². The Labute approximate surface area is 88.2 Å². The minimum Gasteiger partial charge on any atom is -0.453 e. The van der Waals surface area contributed by atoms with E-state index < -0.39 is 5.79 Å². The maximum atomic E-state index is 11.4. The van der Waals surface area contributed by atoms with Crippen molar-refractivity contribution in [2.75, 3.05) is 33.4 Å². The SMILES string of the molecule is COC(=O)N1CC[C@@H](N)C2(C1)OCCO2. The van der Waals surface area contributed by atoms with Crippen LogP contribution in [-0.2, 0) is 14.2 Å². The van der Waals surface area contributed by atoms with Crippen molar-refractivity contribution in [1.82, 2.24) is 4.90 Å². The monoisotopic (exact) mass is 216 g/mol. The molecular formula is C9H16N2O4. The first kappa shape index (κ1) is 10.7. The van der Waals surface area contributed by atoms with E-state index in [0.29, 0.717) is 32.7 Å². The topological polar surface area (TPSA) is 74.0 Å². The Balaban J connectivity index is 2.07. The van der Waals surface area contributed by atoms with Crippen molar-refractivity contribution in [3.05, 3.63) is 0 Å². The second-order valence-electron chi connectivity index (χ2n) is 3.80. The lowest BCUT2D eigenvalue weighted by atomic mass is 9.99. The summed E-state index contributed by atoms with van der Waals surface area (Å²) in [5, 5.41) is 0. The molecule has 2 heterocycles. The number of nitrogens with two attached hydrogens (primary N) is 1. The molecule has 1 spiro atoms. The Kier molecular flexibility index (Phi) is 2.81. The van der Waals surface area contributed by atoms with E-state index in [1.165, 1.54) is 7.11 Å². The van der Waals surface area contributed by atoms with Crippen LogP contribution in [0.15, 0.2) is 0 Å². The Morgan fingerprint density at radius 2 is 2.20 bits per heavy atom. The number of carbonyl (C=O) groups excluding carboxylic acids is 1. The van der Waals surface area contributed by atoms with Gasteiger partial charge in [-0.2, -0.15) is 0 Å². The maximum absolute atomic E-state index is 11.4. The van der Waals surface area contributed by atoms with Crippen LogP contribution in [0.4, 0.5) is 4.79 Å². The molecular weight excluding hydrogens is 200 g/mol. The second kappa shape index (κ2) is 3.96. The van der Waals surface area contributed by atoms with E-state index in [1.54, 1.807) is 4.90 Å². The summed E-state index contributed by atoms with van der Waals surface area (Å²) in [7, 11) is 1.36. The fourth-order valence-electron chi connectivity index (χ4n) is 2.04. The summed E-state index contributed by atoms with van der Waals surface area (Å²) in [6, 6.07) is -0.180. The lowest BCUT2D eigenvalue weighted by Crippen LogP contribution is -2.62. The van der Waals surface area contributed by atoms with Gasteiger partial charge in [0, 0.05) is 6.54 Å². The number of rotatable bonds is 0. The number of methoxy groups -OCH3 is 1. The van der Waals surface area contributed by atoms with E-state index in [0.717, 1.165) is 0 Å². The van der Waals surface area contributed by atoms with Crippen molar-refractivity contribution in [2.45, 2.75) is 18.2 Å². The van der Waals surface area contributed by atoms with Crippen molar-refractivity contribution in [2.24, 2.45) is 5.73 Å². The molecule has 1 amide bonds. The van der Waals surface area contributed by atoms with Crippen molar-refractivity contribution in [1.29, 1.82) is 0 Å². The average molecular weight is 216 g/mol. The summed E-state index contributed by atoms with van der Waals surface area (Å²) in [5.74, 6) is -0.813. The van der Waals surface area contributed by atoms with Crippen molar-refractivity contribution >= 4 is 6.09 Å². The summed E-state index contributed by atoms with van der Waals surface area (Å²) >= 11 is 0. The highest BCUT2D eigenvalue weighted by molar-refractivity contribution is 5.67. The summed E-state index contributed by atoms with van der Waals surface area (Å²) in [6.45, 7) is 1.99. The average Bonchev–Trinajstić information content (AvgIpc) is 2.71. The van der Waals surface area contributed by atoms with Crippen LogP contribution in [0.3, 0.4) is 0 Å². The minimum absolute atomic E-state index is 0.180. The zero-order valence-electron chi connectivity index (χ0n) is 8.77. The number of carbonyl (C=O) groups is 1. The summed E-state index contributed by atoms with van der Waals surface area (Å²) in [5.41, 5.74) is 5.95. The van der Waals surface area contributed by atoms with Crippen molar-refractivity contribution in [3.63, 3.8) is 0 Å². The Morgan fingerprint density at radius 3 is 2.80 bits per heavy atom. The Bertz CT molecular complexity index is 252. The molecule has 15 heavy (non-hydrogen) atoms. The van der Waals surface area contributed by atoms with Crippen molar-refractivity contribution in [3.8, 4) is 0 Å². The molecule has 0 saturated carbocycles. The number of ether oxygens (including phenoxy) is 3. The molecule has 6 heteroatoms. The first-order valence-corrected chi connectivity index (χ1v) is 5.04. The number of likely N-dealkylation sites (tertiary alicyclic amines) is 1. The highest BCUT2D eigenvalue weighted by atomic mass is 16.7. The van der Waals surface area contributed by atoms with E-state index in [4.69, 9.17) is 15.2 Å². The van der Waals surface area contributed by atoms with Crippen LogP contribution < -0.4 is 5.73 Å². The second-order valence-corrected chi connectivity index (χ2v) is 3.80. The van der Waals surface area contributed by atoms with Gasteiger partial charge in [0.1, 0.15) is 0 Å². The van der Waals surface area contributed by atoms with Gasteiger partial charge < -0.3 is 24.8 Å². The zero-order chi connectivity index (χ0) is 10.9. The Morgan fingerprint density at radius 1 is 1.53 bits per heavy atom. The molecule has 2 rings (SSSR count). The van der Waals surface area contributed by atoms with Gasteiger partial charge in [-0.3, -0.25) is 0 Å². The molecule has 2 aliphatic heterocycles. The number of piperidine rings is 1. The normalized spacial score (nSPS) is 29.5. The van der Waals surface area contributed by atoms with E-state index in [1.807, 2.05) is 0 Å². The van der Waals surface area contributed by atoms with Crippen LogP contribution >= 0.6 is 0 Å². The molecule has 0 aliphatic carbocycles. The largest absolute Gasteiger partial charge is 0.453 e. The molecule has 86 valence electrons. The van der Waals surface area contributed by atoms with E-state index in [2.05, 4.69) is 4.74 Å². The minimum atomic E-state index is -0.813. The fraction of sp³-hybridized carbons (Fsp3) is 0.889. The molecule has 0 aromatic heterocycles. The van der Waals surface area contributed by atoms with Crippen LogP contribution in [0, 0.1) is 0 Å². The molecule has 0 radical (unpaired) electrons. The predicted octanol–water partition coefficient (Wildman–Crippen LogP) is -0.471. The van der Waals surface area contributed by atoms with Gasteiger partial charge in [-0.25, -0.2) is 4.79 Å². The number of nitrogens with zero attached hydrogens (tertiary/aromatic N) is 1. The fourth-order valence-corrected chi connectivity index (χ4v) is 2.04. The van der Waals surface area contributed by atoms with Crippen LogP contribution in [0.5, 0.6) is 0 Å². The molecule has 0 unspecified atom stereocenters. The van der Waals surface area contributed by atoms with Gasteiger partial charge in [-0.1, -0.05) is 0 Å². The van der Waals surface area contributed by atoms with E-state index in [9.17, 15) is 4.79 Å². The molecule has 6 nitrogen and oxygen atoms in total. The molecule has 1 atom stereocenters. The lowest BCUT2D eigenvalue weighted by Gasteiger charge is -2.41. The van der Waals surface area contributed by atoms with Gasteiger partial charge in [0.2, 0.25) is 5.79 Å². The van der Waals surface area contributed by atoms with E-state index in [-0.39, 0.29) is 12.1 Å². The zero-order valence-corrected chi connectivity index (χ0v) is 8.77. The first-order valence-electron chi connectivity index (χ1n) is 5.04. The van der Waals surface area contributed by atoms with Gasteiger partial charge >= 0.3 is 6.09 Å². The number of hydrogen-bond acceptors (Lipinski definition) is 5. The molecule has 2 saturated heterocycles. The van der Waals surface area contributed by atoms with Crippen LogP contribution in [0.1, 0.15) is 6.42 Å². The summed E-state index contributed by atoms with van der Waals surface area (Å²) in [4.78, 5) is 12.9. The number of hydrogen-bond donors (Lipinski definition) is 1. The van der Waals surface area contributed by atoms with Gasteiger partial charge in [-0.15, -0.1) is 0 Å². The number of amides is 1. The molecule has 0 aromatic carbocycles. The van der Waals surface area contributed by atoms with Gasteiger partial charge in [0.25, 0.3) is 0 Å². The quantitative estimate of drug-likeness (QED) is 0.592. The summed E-state index contributed by atoms with van der Waals surface area (Å²) < 4.78 is 15.7. The molecule has 0 bridgehead atoms. The standard InChI is InChI=1S/C9H16N2O4/c1-13-8(12)11-3-2-7(10)9(6-11)14-4-5-15-9/h7H,2-6,10H2,1H3/t7-/m1/s1. The van der Waals surface area contributed by atoms with Gasteiger partial charge in [0.15, 0.2) is 0 Å². The molecule has 2 fully saturated rings. The third-order valence-corrected chi connectivity index (χ3v) is 2.90. The lowest BCUT2D eigenvalue weighted by molar-refractivity contribution is -0.195. The maximum Gasteiger partial charge on any atom is 0.409 e. The van der Waals surface area contributed by atoms with Crippen LogP contribution in [0.25, 0.3) is 0 Å². The highest BCUT2D eigenvalue weighted by Crippen LogP contribution is 2.29. The molecule has 2 aliphatic rings. The smallest absolute Gasteiger partial charge is 0.409 e.